The number of hydrogen-bond acceptors (Lipinski definition) is 4. The van der Waals surface area contributed by atoms with Gasteiger partial charge in [0.15, 0.2) is 0 Å². The first-order chi connectivity index (χ1) is 8.62. The van der Waals surface area contributed by atoms with Crippen molar-refractivity contribution in [1.82, 2.24) is 15.2 Å². The second kappa shape index (κ2) is 7.10. The summed E-state index contributed by atoms with van der Waals surface area (Å²) in [5.41, 5.74) is 0. The predicted molar refractivity (Wildman–Crippen MR) is 71.8 cm³/mol. The highest BCUT2D eigenvalue weighted by molar-refractivity contribution is 7.13. The SMILES string of the molecule is CCCN(CC(=O)NC)C(=O)c1cnc(CC)s1. The fourth-order valence-electron chi connectivity index (χ4n) is 1.50. The molecule has 18 heavy (non-hydrogen) atoms. The molecule has 0 saturated heterocycles. The van der Waals surface area contributed by atoms with Crippen LogP contribution >= 0.6 is 11.3 Å². The maximum atomic E-state index is 12.2. The Morgan fingerprint density at radius 3 is 2.67 bits per heavy atom. The Hall–Kier alpha value is -1.43. The fraction of sp³-hybridized carbons (Fsp3) is 0.583. The fourth-order valence-corrected chi connectivity index (χ4v) is 2.33. The minimum atomic E-state index is -0.156. The van der Waals surface area contributed by atoms with E-state index in [2.05, 4.69) is 10.3 Å². The number of aromatic nitrogens is 1. The molecule has 2 amide bonds. The molecular weight excluding hydrogens is 250 g/mol. The molecule has 0 saturated carbocycles. The van der Waals surface area contributed by atoms with Crippen LogP contribution in [0.2, 0.25) is 0 Å². The van der Waals surface area contributed by atoms with Crippen molar-refractivity contribution in [2.24, 2.45) is 0 Å². The smallest absolute Gasteiger partial charge is 0.266 e. The van der Waals surface area contributed by atoms with Crippen molar-refractivity contribution in [3.63, 3.8) is 0 Å². The number of aryl methyl sites for hydroxylation is 1. The normalized spacial score (nSPS) is 10.2. The molecule has 0 radical (unpaired) electrons. The van der Waals surface area contributed by atoms with Gasteiger partial charge in [0.1, 0.15) is 4.88 Å². The molecule has 6 heteroatoms. The molecule has 0 aliphatic heterocycles. The van der Waals surface area contributed by atoms with Gasteiger partial charge < -0.3 is 10.2 Å². The molecule has 100 valence electrons. The van der Waals surface area contributed by atoms with Gasteiger partial charge in [0, 0.05) is 13.6 Å². The zero-order chi connectivity index (χ0) is 13.5. The van der Waals surface area contributed by atoms with Gasteiger partial charge >= 0.3 is 0 Å². The number of hydrogen-bond donors (Lipinski definition) is 1. The van der Waals surface area contributed by atoms with Crippen LogP contribution < -0.4 is 5.32 Å². The summed E-state index contributed by atoms with van der Waals surface area (Å²) in [7, 11) is 1.57. The number of thiazole rings is 1. The second-order valence-corrected chi connectivity index (χ2v) is 4.99. The van der Waals surface area contributed by atoms with Crippen molar-refractivity contribution in [2.45, 2.75) is 26.7 Å². The lowest BCUT2D eigenvalue weighted by Gasteiger charge is -2.20. The van der Waals surface area contributed by atoms with Crippen molar-refractivity contribution >= 4 is 23.2 Å². The van der Waals surface area contributed by atoms with E-state index >= 15 is 0 Å². The summed E-state index contributed by atoms with van der Waals surface area (Å²) >= 11 is 1.40. The van der Waals surface area contributed by atoms with E-state index in [1.54, 1.807) is 18.1 Å². The van der Waals surface area contributed by atoms with Crippen molar-refractivity contribution in [3.05, 3.63) is 16.1 Å². The average Bonchev–Trinajstić information content (AvgIpc) is 2.85. The standard InChI is InChI=1S/C12H19N3O2S/c1-4-6-15(8-10(16)13-3)12(17)9-7-14-11(5-2)18-9/h7H,4-6,8H2,1-3H3,(H,13,16). The molecule has 1 heterocycles. The number of likely N-dealkylation sites (N-methyl/N-ethyl adjacent to an activating group) is 1. The van der Waals surface area contributed by atoms with Gasteiger partial charge in [-0.15, -0.1) is 11.3 Å². The first-order valence-corrected chi connectivity index (χ1v) is 6.88. The third-order valence-electron chi connectivity index (χ3n) is 2.46. The lowest BCUT2D eigenvalue weighted by atomic mass is 10.3. The summed E-state index contributed by atoms with van der Waals surface area (Å²) in [5.74, 6) is -0.269. The van der Waals surface area contributed by atoms with Crippen molar-refractivity contribution in [2.75, 3.05) is 20.1 Å². The van der Waals surface area contributed by atoms with E-state index in [1.807, 2.05) is 13.8 Å². The summed E-state index contributed by atoms with van der Waals surface area (Å²) in [4.78, 5) is 29.9. The lowest BCUT2D eigenvalue weighted by Crippen LogP contribution is -2.39. The van der Waals surface area contributed by atoms with Crippen molar-refractivity contribution in [3.8, 4) is 0 Å². The van der Waals surface area contributed by atoms with Gasteiger partial charge in [0.05, 0.1) is 17.7 Å². The van der Waals surface area contributed by atoms with Crippen LogP contribution in [0.5, 0.6) is 0 Å². The van der Waals surface area contributed by atoms with E-state index in [-0.39, 0.29) is 18.4 Å². The molecule has 1 N–H and O–H groups in total. The second-order valence-electron chi connectivity index (χ2n) is 3.87. The van der Waals surface area contributed by atoms with Crippen LogP contribution in [0.3, 0.4) is 0 Å². The number of rotatable bonds is 6. The molecule has 0 aromatic carbocycles. The highest BCUT2D eigenvalue weighted by Crippen LogP contribution is 2.15. The third-order valence-corrected chi connectivity index (χ3v) is 3.59. The largest absolute Gasteiger partial charge is 0.358 e. The number of nitrogens with one attached hydrogen (secondary N) is 1. The molecule has 5 nitrogen and oxygen atoms in total. The maximum absolute atomic E-state index is 12.2. The molecule has 0 fully saturated rings. The lowest BCUT2D eigenvalue weighted by molar-refractivity contribution is -0.121. The summed E-state index contributed by atoms with van der Waals surface area (Å²) in [5, 5.41) is 3.47. The summed E-state index contributed by atoms with van der Waals surface area (Å²) in [6, 6.07) is 0. The first-order valence-electron chi connectivity index (χ1n) is 6.06. The van der Waals surface area contributed by atoms with Gasteiger partial charge in [-0.05, 0) is 12.8 Å². The van der Waals surface area contributed by atoms with Gasteiger partial charge in [0.2, 0.25) is 5.91 Å². The minimum absolute atomic E-state index is 0.0997. The maximum Gasteiger partial charge on any atom is 0.266 e. The number of carbonyl (C=O) groups is 2. The molecule has 0 bridgehead atoms. The van der Waals surface area contributed by atoms with Gasteiger partial charge in [-0.3, -0.25) is 9.59 Å². The predicted octanol–water partition coefficient (Wildman–Crippen LogP) is 1.30. The van der Waals surface area contributed by atoms with Gasteiger partial charge in [-0.1, -0.05) is 13.8 Å². The van der Waals surface area contributed by atoms with Gasteiger partial charge in [0.25, 0.3) is 5.91 Å². The summed E-state index contributed by atoms with van der Waals surface area (Å²) in [6.45, 7) is 4.66. The Bertz CT molecular complexity index is 417. The average molecular weight is 269 g/mol. The van der Waals surface area contributed by atoms with Crippen molar-refractivity contribution < 1.29 is 9.59 Å². The zero-order valence-electron chi connectivity index (χ0n) is 11.0. The monoisotopic (exact) mass is 269 g/mol. The van der Waals surface area contributed by atoms with Crippen LogP contribution in [0.1, 0.15) is 34.9 Å². The van der Waals surface area contributed by atoms with E-state index in [0.29, 0.717) is 11.4 Å². The quantitative estimate of drug-likeness (QED) is 0.847. The number of nitrogens with zero attached hydrogens (tertiary/aromatic N) is 2. The number of carbonyl (C=O) groups excluding carboxylic acids is 2. The molecule has 1 rings (SSSR count). The Balaban J connectivity index is 2.78. The highest BCUT2D eigenvalue weighted by Gasteiger charge is 2.19. The highest BCUT2D eigenvalue weighted by atomic mass is 32.1. The van der Waals surface area contributed by atoms with Crippen LogP contribution in [-0.2, 0) is 11.2 Å². The van der Waals surface area contributed by atoms with E-state index < -0.39 is 0 Å². The molecule has 0 aliphatic rings. The topological polar surface area (TPSA) is 62.3 Å². The number of amides is 2. The third kappa shape index (κ3) is 3.80. The minimum Gasteiger partial charge on any atom is -0.358 e. The molecular formula is C12H19N3O2S. The van der Waals surface area contributed by atoms with E-state index in [4.69, 9.17) is 0 Å². The summed E-state index contributed by atoms with van der Waals surface area (Å²) in [6.07, 6.45) is 3.24. The summed E-state index contributed by atoms with van der Waals surface area (Å²) < 4.78 is 0. The van der Waals surface area contributed by atoms with Crippen LogP contribution in [0.4, 0.5) is 0 Å². The molecule has 0 spiro atoms. The van der Waals surface area contributed by atoms with Crippen molar-refractivity contribution in [1.29, 1.82) is 0 Å². The first kappa shape index (κ1) is 14.6. The molecule has 0 atom stereocenters. The van der Waals surface area contributed by atoms with Crippen LogP contribution in [-0.4, -0.2) is 41.8 Å². The van der Waals surface area contributed by atoms with Gasteiger partial charge in [-0.25, -0.2) is 4.98 Å². The van der Waals surface area contributed by atoms with E-state index in [9.17, 15) is 9.59 Å². The van der Waals surface area contributed by atoms with Crippen LogP contribution in [0, 0.1) is 0 Å². The van der Waals surface area contributed by atoms with Gasteiger partial charge in [-0.2, -0.15) is 0 Å². The molecule has 0 unspecified atom stereocenters. The Kier molecular flexibility index (Phi) is 5.77. The molecule has 1 aromatic rings. The molecule has 1 aromatic heterocycles. The van der Waals surface area contributed by atoms with Crippen LogP contribution in [0.15, 0.2) is 6.20 Å². The Labute approximate surface area is 111 Å². The van der Waals surface area contributed by atoms with E-state index in [1.165, 1.54) is 11.3 Å². The van der Waals surface area contributed by atoms with Crippen LogP contribution in [0.25, 0.3) is 0 Å². The zero-order valence-corrected chi connectivity index (χ0v) is 11.8. The molecule has 0 aliphatic carbocycles. The Morgan fingerprint density at radius 2 is 2.17 bits per heavy atom. The van der Waals surface area contributed by atoms with E-state index in [0.717, 1.165) is 17.8 Å². The Morgan fingerprint density at radius 1 is 1.44 bits per heavy atom.